The van der Waals surface area contributed by atoms with Crippen molar-refractivity contribution in [2.75, 3.05) is 84.1 Å². The summed E-state index contributed by atoms with van der Waals surface area (Å²) in [4.78, 5) is 49.4. The topological polar surface area (TPSA) is 152 Å². The monoisotopic (exact) mass is 842 g/mol. The van der Waals surface area contributed by atoms with E-state index in [0.717, 1.165) is 75.0 Å². The second kappa shape index (κ2) is 20.0. The number of anilines is 1. The third-order valence-electron chi connectivity index (χ3n) is 12.7. The maximum absolute atomic E-state index is 13.0. The number of ether oxygens (including phenoxy) is 2. The van der Waals surface area contributed by atoms with Crippen LogP contribution in [0.25, 0.3) is 10.9 Å². The summed E-state index contributed by atoms with van der Waals surface area (Å²) >= 11 is 0. The normalized spacial score (nSPS) is 16.7. The highest BCUT2D eigenvalue weighted by Crippen LogP contribution is 2.41. The summed E-state index contributed by atoms with van der Waals surface area (Å²) in [6, 6.07) is 19.2. The van der Waals surface area contributed by atoms with E-state index in [1.807, 2.05) is 25.2 Å². The molecule has 13 nitrogen and oxygen atoms in total. The van der Waals surface area contributed by atoms with Crippen molar-refractivity contribution < 1.29 is 23.8 Å². The lowest BCUT2D eigenvalue weighted by Gasteiger charge is -2.47. The van der Waals surface area contributed by atoms with E-state index >= 15 is 0 Å². The first-order valence-corrected chi connectivity index (χ1v) is 24.5. The Morgan fingerprint density at radius 2 is 1.78 bits per heavy atom. The van der Waals surface area contributed by atoms with Crippen molar-refractivity contribution in [3.63, 3.8) is 0 Å². The van der Waals surface area contributed by atoms with Gasteiger partial charge in [-0.15, -0.1) is 0 Å². The number of phenols is 1. The Hall–Kier alpha value is -4.31. The number of likely N-dealkylation sites (tertiary alicyclic amines) is 1. The number of pyridine rings is 2. The van der Waals surface area contributed by atoms with Crippen LogP contribution in [0.3, 0.4) is 0 Å². The Labute approximate surface area is 355 Å². The number of amides is 1. The van der Waals surface area contributed by atoms with E-state index in [9.17, 15) is 19.5 Å². The summed E-state index contributed by atoms with van der Waals surface area (Å²) < 4.78 is 19.2. The molecule has 2 aliphatic rings. The van der Waals surface area contributed by atoms with Gasteiger partial charge in [0.25, 0.3) is 5.56 Å². The van der Waals surface area contributed by atoms with E-state index < -0.39 is 8.32 Å². The number of aromatic hydroxyl groups is 1. The van der Waals surface area contributed by atoms with Crippen LogP contribution < -0.4 is 21.3 Å². The summed E-state index contributed by atoms with van der Waals surface area (Å²) in [7, 11) is -0.386. The summed E-state index contributed by atoms with van der Waals surface area (Å²) in [5, 5.41) is 14.7. The fourth-order valence-electron chi connectivity index (χ4n) is 7.96. The zero-order valence-electron chi connectivity index (χ0n) is 36.5. The molecule has 326 valence electrons. The number of hydrogen-bond acceptors (Lipinski definition) is 10. The smallest absolute Gasteiger partial charge is 0.271 e. The molecule has 2 aliphatic heterocycles. The van der Waals surface area contributed by atoms with Crippen LogP contribution in [0.4, 0.5) is 5.69 Å². The van der Waals surface area contributed by atoms with Gasteiger partial charge in [0.2, 0.25) is 11.5 Å². The molecule has 0 aliphatic carbocycles. The standard InChI is InChI=1S/C46H66N6O7Si/c1-45(2,3)60(5,6)59-40(36-12-14-39(53)43-37(36)13-15-41(54)49-43)32-47-22-26-50(4)42(55)18-29-57-28-17-35-10-7-9-34(31-35)16-23-51-24-19-46(20-25-51)33-52(27-30-58-46)38-11-8-21-48-44(38)56/h7-15,21,31,40,47,53H,16-20,22-30,32-33H2,1-6H3,(H,48,56)(H,49,54)/t40-/m0/s1. The summed E-state index contributed by atoms with van der Waals surface area (Å²) in [6.45, 7) is 18.6. The van der Waals surface area contributed by atoms with Crippen molar-refractivity contribution in [2.24, 2.45) is 0 Å². The van der Waals surface area contributed by atoms with Gasteiger partial charge < -0.3 is 49.0 Å². The molecule has 14 heteroatoms. The van der Waals surface area contributed by atoms with Crippen LogP contribution in [0.1, 0.15) is 62.8 Å². The lowest BCUT2D eigenvalue weighted by molar-refractivity contribution is -0.131. The number of H-pyrrole nitrogens is 2. The average Bonchev–Trinajstić information content (AvgIpc) is 3.22. The number of benzene rings is 2. The highest BCUT2D eigenvalue weighted by molar-refractivity contribution is 6.74. The molecule has 0 bridgehead atoms. The molecule has 1 atom stereocenters. The van der Waals surface area contributed by atoms with Gasteiger partial charge in [-0.2, -0.15) is 0 Å². The third kappa shape index (κ3) is 11.7. The summed E-state index contributed by atoms with van der Waals surface area (Å²) in [5.41, 5.74) is 4.05. The van der Waals surface area contributed by atoms with Gasteiger partial charge >= 0.3 is 0 Å². The number of aromatic nitrogens is 2. The van der Waals surface area contributed by atoms with Gasteiger partial charge in [0.05, 0.1) is 43.5 Å². The number of likely N-dealkylation sites (N-methyl/N-ethyl adjacent to an activating group) is 1. The second-order valence-electron chi connectivity index (χ2n) is 18.0. The van der Waals surface area contributed by atoms with Crippen molar-refractivity contribution >= 4 is 30.8 Å². The molecular weight excluding hydrogens is 777 g/mol. The minimum Gasteiger partial charge on any atom is -0.506 e. The number of carbonyl (C=O) groups is 1. The van der Waals surface area contributed by atoms with Crippen LogP contribution in [0.2, 0.25) is 18.1 Å². The Kier molecular flexibility index (Phi) is 15.1. The van der Waals surface area contributed by atoms with Gasteiger partial charge in [-0.3, -0.25) is 14.4 Å². The SMILES string of the molecule is CN(CCNC[C@H](O[Si](C)(C)C(C)(C)C)c1ccc(O)c2[nH]c(=O)ccc12)C(=O)CCOCCc1cccc(CCN2CCC3(CC2)CN(c2ccc[nH]c2=O)CCO3)c1. The molecule has 4 heterocycles. The summed E-state index contributed by atoms with van der Waals surface area (Å²) in [5.74, 6) is 0.0512. The molecule has 0 radical (unpaired) electrons. The number of nitrogens with one attached hydrogen (secondary N) is 3. The van der Waals surface area contributed by atoms with Crippen molar-refractivity contribution in [2.45, 2.75) is 82.7 Å². The van der Waals surface area contributed by atoms with Crippen LogP contribution in [-0.4, -0.2) is 124 Å². The van der Waals surface area contributed by atoms with E-state index in [1.54, 1.807) is 23.2 Å². The van der Waals surface area contributed by atoms with E-state index in [2.05, 4.69) is 83.2 Å². The molecule has 0 saturated carbocycles. The minimum absolute atomic E-state index is 0.0198. The number of carbonyl (C=O) groups excluding carboxylic acids is 1. The quantitative estimate of drug-likeness (QED) is 0.0737. The first kappa shape index (κ1) is 45.2. The number of aromatic amines is 2. The predicted octanol–water partition coefficient (Wildman–Crippen LogP) is 5.60. The highest BCUT2D eigenvalue weighted by Gasteiger charge is 2.41. The van der Waals surface area contributed by atoms with Crippen LogP contribution in [0, 0.1) is 0 Å². The number of hydrogen-bond donors (Lipinski definition) is 4. The molecule has 1 amide bonds. The molecule has 2 aromatic carbocycles. The van der Waals surface area contributed by atoms with Crippen LogP contribution in [0.15, 0.2) is 76.4 Å². The van der Waals surface area contributed by atoms with Crippen molar-refractivity contribution in [1.82, 2.24) is 25.1 Å². The van der Waals surface area contributed by atoms with Gasteiger partial charge in [-0.1, -0.05) is 51.1 Å². The van der Waals surface area contributed by atoms with Gasteiger partial charge in [0.1, 0.15) is 11.4 Å². The van der Waals surface area contributed by atoms with Gasteiger partial charge in [0.15, 0.2) is 8.32 Å². The van der Waals surface area contributed by atoms with Crippen LogP contribution >= 0.6 is 0 Å². The molecule has 6 rings (SSSR count). The number of phenolic OH excluding ortho intramolecular Hbond substituents is 1. The fourth-order valence-corrected chi connectivity index (χ4v) is 9.24. The van der Waals surface area contributed by atoms with Crippen molar-refractivity contribution in [1.29, 1.82) is 0 Å². The molecule has 2 saturated heterocycles. The predicted molar refractivity (Wildman–Crippen MR) is 241 cm³/mol. The molecule has 60 heavy (non-hydrogen) atoms. The lowest BCUT2D eigenvalue weighted by Crippen LogP contribution is -2.57. The molecule has 0 unspecified atom stereocenters. The maximum atomic E-state index is 13.0. The van der Waals surface area contributed by atoms with Gasteiger partial charge in [-0.05, 0) is 84.8 Å². The van der Waals surface area contributed by atoms with Crippen molar-refractivity contribution in [3.05, 3.63) is 104 Å². The Bertz CT molecular complexity index is 2160. The average molecular weight is 843 g/mol. The largest absolute Gasteiger partial charge is 0.506 e. The fraction of sp³-hybridized carbons (Fsp3) is 0.543. The molecule has 4 aromatic rings. The first-order valence-electron chi connectivity index (χ1n) is 21.5. The number of fused-ring (bicyclic) bond motifs is 1. The molecule has 1 spiro atoms. The maximum Gasteiger partial charge on any atom is 0.271 e. The first-order chi connectivity index (χ1) is 28.6. The Morgan fingerprint density at radius 1 is 1.02 bits per heavy atom. The van der Waals surface area contributed by atoms with Crippen LogP contribution in [0.5, 0.6) is 5.75 Å². The number of nitrogens with zero attached hydrogens (tertiary/aromatic N) is 3. The third-order valence-corrected chi connectivity index (χ3v) is 17.2. The second-order valence-corrected chi connectivity index (χ2v) is 22.8. The van der Waals surface area contributed by atoms with Gasteiger partial charge in [0, 0.05) is 77.1 Å². The Balaban J connectivity index is 0.887. The van der Waals surface area contributed by atoms with E-state index in [1.165, 1.54) is 17.2 Å². The summed E-state index contributed by atoms with van der Waals surface area (Å²) in [6.07, 6.45) is 5.35. The zero-order chi connectivity index (χ0) is 42.9. The molecular formula is C46H66N6O7Si. The van der Waals surface area contributed by atoms with E-state index in [0.29, 0.717) is 51.4 Å². The van der Waals surface area contributed by atoms with E-state index in [-0.39, 0.29) is 39.5 Å². The number of morpholine rings is 1. The van der Waals surface area contributed by atoms with E-state index in [4.69, 9.17) is 13.9 Å². The lowest BCUT2D eigenvalue weighted by atomic mass is 9.89. The zero-order valence-corrected chi connectivity index (χ0v) is 37.5. The number of piperidine rings is 1. The Morgan fingerprint density at radius 3 is 2.53 bits per heavy atom. The van der Waals surface area contributed by atoms with Gasteiger partial charge in [-0.25, -0.2) is 0 Å². The van der Waals surface area contributed by atoms with Crippen LogP contribution in [-0.2, 0) is 31.5 Å². The number of rotatable bonds is 18. The molecule has 4 N–H and O–H groups in total. The molecule has 2 fully saturated rings. The molecule has 2 aromatic heterocycles. The van der Waals surface area contributed by atoms with Crippen molar-refractivity contribution in [3.8, 4) is 5.75 Å². The highest BCUT2D eigenvalue weighted by atomic mass is 28.4. The minimum atomic E-state index is -2.20.